The van der Waals surface area contributed by atoms with Crippen LogP contribution in [0.1, 0.15) is 54.3 Å². The molecule has 5 nitrogen and oxygen atoms in total. The molecule has 0 saturated carbocycles. The molecule has 0 spiro atoms. The van der Waals surface area contributed by atoms with Crippen molar-refractivity contribution in [3.8, 4) is 5.75 Å². The van der Waals surface area contributed by atoms with E-state index in [2.05, 4.69) is 43.3 Å². The predicted octanol–water partition coefficient (Wildman–Crippen LogP) is 5.16. The molecule has 1 aromatic heterocycles. The highest BCUT2D eigenvalue weighted by Crippen LogP contribution is 2.22. The highest BCUT2D eigenvalue weighted by atomic mass is 16.5. The zero-order chi connectivity index (χ0) is 21.7. The first kappa shape index (κ1) is 21.6. The van der Waals surface area contributed by atoms with Gasteiger partial charge in [-0.05, 0) is 61.6 Å². The van der Waals surface area contributed by atoms with Crippen LogP contribution in [0.5, 0.6) is 5.75 Å². The van der Waals surface area contributed by atoms with E-state index in [1.165, 1.54) is 22.4 Å². The van der Waals surface area contributed by atoms with Crippen LogP contribution >= 0.6 is 0 Å². The molecule has 3 rings (SSSR count). The Morgan fingerprint density at radius 1 is 1.10 bits per heavy atom. The Bertz CT molecular complexity index is 988. The van der Waals surface area contributed by atoms with Crippen LogP contribution < -0.4 is 10.1 Å². The van der Waals surface area contributed by atoms with Crippen molar-refractivity contribution in [1.29, 1.82) is 0 Å². The first-order chi connectivity index (χ1) is 14.4. The number of carbonyl (C=O) groups is 1. The number of aromatic nitrogens is 2. The van der Waals surface area contributed by atoms with Gasteiger partial charge in [-0.1, -0.05) is 38.1 Å². The molecule has 2 aromatic carbocycles. The maximum absolute atomic E-state index is 12.2. The summed E-state index contributed by atoms with van der Waals surface area (Å²) in [5, 5.41) is 7.36. The molecule has 30 heavy (non-hydrogen) atoms. The lowest BCUT2D eigenvalue weighted by molar-refractivity contribution is -0.118. The number of aryl methyl sites for hydroxylation is 2. The smallest absolute Gasteiger partial charge is 0.262 e. The van der Waals surface area contributed by atoms with Gasteiger partial charge >= 0.3 is 0 Å². The largest absolute Gasteiger partial charge is 0.484 e. The molecule has 1 amide bonds. The molecular formula is C25H31N3O2. The van der Waals surface area contributed by atoms with E-state index in [1.807, 2.05) is 55.1 Å². The second kappa shape index (κ2) is 9.61. The Kier molecular flexibility index (Phi) is 6.93. The van der Waals surface area contributed by atoms with Gasteiger partial charge in [0.1, 0.15) is 5.75 Å². The zero-order valence-electron chi connectivity index (χ0n) is 18.5. The lowest BCUT2D eigenvalue weighted by atomic mass is 9.99. The molecule has 1 heterocycles. The number of anilines is 1. The van der Waals surface area contributed by atoms with E-state index < -0.39 is 0 Å². The Labute approximate surface area is 179 Å². The third-order valence-corrected chi connectivity index (χ3v) is 5.71. The van der Waals surface area contributed by atoms with Crippen LogP contribution in [-0.4, -0.2) is 22.3 Å². The van der Waals surface area contributed by atoms with E-state index in [4.69, 9.17) is 4.74 Å². The molecule has 0 saturated heterocycles. The molecule has 0 aliphatic carbocycles. The molecule has 1 N–H and O–H groups in total. The summed E-state index contributed by atoms with van der Waals surface area (Å²) in [6.45, 7) is 8.48. The molecule has 0 radical (unpaired) electrons. The van der Waals surface area contributed by atoms with Crippen LogP contribution in [0.25, 0.3) is 0 Å². The number of amides is 1. The summed E-state index contributed by atoms with van der Waals surface area (Å²) in [6, 6.07) is 15.9. The zero-order valence-corrected chi connectivity index (χ0v) is 18.5. The van der Waals surface area contributed by atoms with Crippen molar-refractivity contribution >= 4 is 11.6 Å². The normalized spacial score (nSPS) is 11.9. The van der Waals surface area contributed by atoms with Gasteiger partial charge in [-0.15, -0.1) is 0 Å². The molecule has 0 bridgehead atoms. The molecular weight excluding hydrogens is 374 g/mol. The van der Waals surface area contributed by atoms with Gasteiger partial charge in [0.25, 0.3) is 5.91 Å². The van der Waals surface area contributed by atoms with E-state index in [-0.39, 0.29) is 12.5 Å². The Hall–Kier alpha value is -3.08. The van der Waals surface area contributed by atoms with Gasteiger partial charge in [0, 0.05) is 30.4 Å². The van der Waals surface area contributed by atoms with Gasteiger partial charge in [0.15, 0.2) is 6.61 Å². The fourth-order valence-electron chi connectivity index (χ4n) is 3.46. The van der Waals surface area contributed by atoms with Gasteiger partial charge in [-0.25, -0.2) is 0 Å². The van der Waals surface area contributed by atoms with Gasteiger partial charge in [0.05, 0.1) is 5.69 Å². The molecule has 0 fully saturated rings. The van der Waals surface area contributed by atoms with Gasteiger partial charge in [0.2, 0.25) is 0 Å². The lowest BCUT2D eigenvalue weighted by Crippen LogP contribution is -2.20. The van der Waals surface area contributed by atoms with Crippen molar-refractivity contribution in [2.24, 2.45) is 7.05 Å². The molecule has 0 aliphatic rings. The molecule has 1 atom stereocenters. The number of carbonyl (C=O) groups excluding carboxylic acids is 1. The standard InChI is InChI=1S/C25H31N3O2/c1-6-17(2)21-9-13-23(14-10-21)30-16-25(29)26-22-11-7-20(8-12-22)15-24-18(3)27-28(5)19(24)4/h7-14,17H,6,15-16H2,1-5H3,(H,26,29)/t17-/m0/s1. The maximum atomic E-state index is 12.2. The lowest BCUT2D eigenvalue weighted by Gasteiger charge is -2.11. The van der Waals surface area contributed by atoms with Crippen molar-refractivity contribution in [1.82, 2.24) is 9.78 Å². The number of benzene rings is 2. The van der Waals surface area contributed by atoms with Gasteiger partial charge in [-0.2, -0.15) is 5.10 Å². The van der Waals surface area contributed by atoms with Crippen molar-refractivity contribution in [3.05, 3.63) is 76.6 Å². The van der Waals surface area contributed by atoms with E-state index in [0.717, 1.165) is 24.2 Å². The monoisotopic (exact) mass is 405 g/mol. The minimum atomic E-state index is -0.173. The van der Waals surface area contributed by atoms with Crippen molar-refractivity contribution in [2.75, 3.05) is 11.9 Å². The number of hydrogen-bond donors (Lipinski definition) is 1. The predicted molar refractivity (Wildman–Crippen MR) is 121 cm³/mol. The summed E-state index contributed by atoms with van der Waals surface area (Å²) in [4.78, 5) is 12.2. The number of rotatable bonds is 8. The molecule has 158 valence electrons. The minimum absolute atomic E-state index is 0.0154. The van der Waals surface area contributed by atoms with E-state index in [9.17, 15) is 4.79 Å². The number of ether oxygens (including phenoxy) is 1. The SMILES string of the molecule is CC[C@H](C)c1ccc(OCC(=O)Nc2ccc(Cc3c(C)nn(C)c3C)cc2)cc1. The van der Waals surface area contributed by atoms with E-state index >= 15 is 0 Å². The topological polar surface area (TPSA) is 56.1 Å². The molecule has 3 aromatic rings. The molecule has 0 aliphatic heterocycles. The first-order valence-electron chi connectivity index (χ1n) is 10.5. The number of nitrogens with one attached hydrogen (secondary N) is 1. The van der Waals surface area contributed by atoms with Gasteiger partial charge in [-0.3, -0.25) is 9.48 Å². The highest BCUT2D eigenvalue weighted by molar-refractivity contribution is 5.91. The Morgan fingerprint density at radius 2 is 1.77 bits per heavy atom. The fourth-order valence-corrected chi connectivity index (χ4v) is 3.46. The van der Waals surface area contributed by atoms with Crippen molar-refractivity contribution < 1.29 is 9.53 Å². The van der Waals surface area contributed by atoms with Crippen molar-refractivity contribution in [2.45, 2.75) is 46.5 Å². The summed E-state index contributed by atoms with van der Waals surface area (Å²) in [6.07, 6.45) is 1.93. The van der Waals surface area contributed by atoms with E-state index in [1.54, 1.807) is 0 Å². The van der Waals surface area contributed by atoms with Crippen LogP contribution in [0, 0.1) is 13.8 Å². The molecule has 0 unspecified atom stereocenters. The third kappa shape index (κ3) is 5.29. The van der Waals surface area contributed by atoms with Crippen LogP contribution in [0.2, 0.25) is 0 Å². The maximum Gasteiger partial charge on any atom is 0.262 e. The van der Waals surface area contributed by atoms with Crippen LogP contribution in [0.4, 0.5) is 5.69 Å². The minimum Gasteiger partial charge on any atom is -0.484 e. The fraction of sp³-hybridized carbons (Fsp3) is 0.360. The van der Waals surface area contributed by atoms with Crippen LogP contribution in [0.15, 0.2) is 48.5 Å². The summed E-state index contributed by atoms with van der Waals surface area (Å²) < 4.78 is 7.53. The van der Waals surface area contributed by atoms with Crippen molar-refractivity contribution in [3.63, 3.8) is 0 Å². The molecule has 5 heteroatoms. The summed E-state index contributed by atoms with van der Waals surface area (Å²) >= 11 is 0. The second-order valence-electron chi connectivity index (χ2n) is 7.86. The Balaban J connectivity index is 1.52. The third-order valence-electron chi connectivity index (χ3n) is 5.71. The van der Waals surface area contributed by atoms with Gasteiger partial charge < -0.3 is 10.1 Å². The van der Waals surface area contributed by atoms with Crippen LogP contribution in [0.3, 0.4) is 0 Å². The summed E-state index contributed by atoms with van der Waals surface area (Å²) in [5.41, 5.74) is 6.72. The number of hydrogen-bond acceptors (Lipinski definition) is 3. The summed E-state index contributed by atoms with van der Waals surface area (Å²) in [5.74, 6) is 1.05. The summed E-state index contributed by atoms with van der Waals surface area (Å²) in [7, 11) is 1.96. The Morgan fingerprint density at radius 3 is 2.33 bits per heavy atom. The van der Waals surface area contributed by atoms with Crippen LogP contribution in [-0.2, 0) is 18.3 Å². The average molecular weight is 406 g/mol. The average Bonchev–Trinajstić information content (AvgIpc) is 2.99. The van der Waals surface area contributed by atoms with E-state index in [0.29, 0.717) is 11.7 Å². The second-order valence-corrected chi connectivity index (χ2v) is 7.86. The first-order valence-corrected chi connectivity index (χ1v) is 10.5. The highest BCUT2D eigenvalue weighted by Gasteiger charge is 2.10. The quantitative estimate of drug-likeness (QED) is 0.563. The number of nitrogens with zero attached hydrogens (tertiary/aromatic N) is 2.